The SMILES string of the molecule is CC1(C)c2cc(-c3cc(-c4ccccc4)cc(-c4ccccc4)n3)ccc2-n2c3ccc4ccccc4c3c3cc(N(c4ccccc4)c4cccc5c4oc4ccccc45)cc1c32. The molecular formula is C60H41N3O. The van der Waals surface area contributed by atoms with Gasteiger partial charge in [-0.15, -0.1) is 0 Å². The zero-order valence-corrected chi connectivity index (χ0v) is 35.5. The van der Waals surface area contributed by atoms with Gasteiger partial charge in [-0.1, -0.05) is 159 Å². The molecule has 0 saturated heterocycles. The molecule has 0 fully saturated rings. The van der Waals surface area contributed by atoms with Crippen LogP contribution < -0.4 is 4.90 Å². The molecule has 4 heteroatoms. The van der Waals surface area contributed by atoms with Gasteiger partial charge in [-0.05, 0) is 99.8 Å². The molecule has 9 aromatic carbocycles. The lowest BCUT2D eigenvalue weighted by Gasteiger charge is -2.36. The van der Waals surface area contributed by atoms with Crippen molar-refractivity contribution in [1.29, 1.82) is 0 Å². The Bertz CT molecular complexity index is 3750. The van der Waals surface area contributed by atoms with Gasteiger partial charge in [0.1, 0.15) is 5.58 Å². The van der Waals surface area contributed by atoms with Crippen LogP contribution >= 0.6 is 0 Å². The summed E-state index contributed by atoms with van der Waals surface area (Å²) in [5.74, 6) is 0. The van der Waals surface area contributed by atoms with Crippen LogP contribution in [0.25, 0.3) is 93.8 Å². The molecule has 1 aliphatic rings. The van der Waals surface area contributed by atoms with Crippen molar-refractivity contribution >= 4 is 71.6 Å². The Hall–Kier alpha value is -8.21. The minimum atomic E-state index is -0.410. The van der Waals surface area contributed by atoms with Gasteiger partial charge >= 0.3 is 0 Å². The van der Waals surface area contributed by atoms with E-state index >= 15 is 0 Å². The number of pyridine rings is 1. The van der Waals surface area contributed by atoms with Crippen LogP contribution in [-0.2, 0) is 5.41 Å². The Balaban J connectivity index is 1.09. The van der Waals surface area contributed by atoms with Crippen molar-refractivity contribution in [3.63, 3.8) is 0 Å². The van der Waals surface area contributed by atoms with E-state index < -0.39 is 5.41 Å². The molecule has 302 valence electrons. The maximum Gasteiger partial charge on any atom is 0.159 e. The molecule has 4 heterocycles. The van der Waals surface area contributed by atoms with Crippen LogP contribution in [-0.4, -0.2) is 9.55 Å². The Morgan fingerprint density at radius 3 is 1.94 bits per heavy atom. The Morgan fingerprint density at radius 2 is 1.14 bits per heavy atom. The van der Waals surface area contributed by atoms with Gasteiger partial charge < -0.3 is 13.9 Å². The van der Waals surface area contributed by atoms with E-state index in [0.29, 0.717) is 0 Å². The van der Waals surface area contributed by atoms with Crippen molar-refractivity contribution < 1.29 is 4.42 Å². The largest absolute Gasteiger partial charge is 0.454 e. The zero-order valence-electron chi connectivity index (χ0n) is 35.5. The van der Waals surface area contributed by atoms with Crippen molar-refractivity contribution in [3.05, 3.63) is 223 Å². The van der Waals surface area contributed by atoms with E-state index in [1.807, 2.05) is 6.07 Å². The summed E-state index contributed by atoms with van der Waals surface area (Å²) in [4.78, 5) is 7.77. The van der Waals surface area contributed by atoms with Crippen LogP contribution in [0.1, 0.15) is 25.0 Å². The molecular weight excluding hydrogens is 779 g/mol. The molecule has 0 spiro atoms. The summed E-state index contributed by atoms with van der Waals surface area (Å²) < 4.78 is 9.28. The number of nitrogens with zero attached hydrogens (tertiary/aromatic N) is 3. The number of hydrogen-bond acceptors (Lipinski definition) is 3. The molecule has 0 amide bonds. The number of para-hydroxylation sites is 3. The van der Waals surface area contributed by atoms with Gasteiger partial charge in [0, 0.05) is 49.5 Å². The Labute approximate surface area is 370 Å². The predicted octanol–water partition coefficient (Wildman–Crippen LogP) is 16.3. The van der Waals surface area contributed by atoms with Crippen LogP contribution in [0.2, 0.25) is 0 Å². The first-order valence-electron chi connectivity index (χ1n) is 22.0. The lowest BCUT2D eigenvalue weighted by Crippen LogP contribution is -2.27. The molecule has 0 unspecified atom stereocenters. The van der Waals surface area contributed by atoms with E-state index in [4.69, 9.17) is 9.40 Å². The summed E-state index contributed by atoms with van der Waals surface area (Å²) in [5, 5.41) is 7.15. The highest BCUT2D eigenvalue weighted by molar-refractivity contribution is 6.23. The number of rotatable bonds is 6. The second-order valence-corrected chi connectivity index (χ2v) is 17.5. The van der Waals surface area contributed by atoms with Crippen molar-refractivity contribution in [2.45, 2.75) is 19.3 Å². The van der Waals surface area contributed by atoms with Crippen LogP contribution in [0.5, 0.6) is 0 Å². The number of benzene rings is 9. The number of hydrogen-bond donors (Lipinski definition) is 0. The van der Waals surface area contributed by atoms with Crippen LogP contribution in [0.15, 0.2) is 217 Å². The van der Waals surface area contributed by atoms with Crippen molar-refractivity contribution in [3.8, 4) is 39.3 Å². The predicted molar refractivity (Wildman–Crippen MR) is 266 cm³/mol. The van der Waals surface area contributed by atoms with Gasteiger partial charge in [-0.3, -0.25) is 0 Å². The first-order chi connectivity index (χ1) is 31.5. The Kier molecular flexibility index (Phi) is 7.92. The molecule has 0 radical (unpaired) electrons. The topological polar surface area (TPSA) is 34.2 Å². The minimum absolute atomic E-state index is 0.410. The second-order valence-electron chi connectivity index (χ2n) is 17.5. The van der Waals surface area contributed by atoms with E-state index in [0.717, 1.165) is 72.6 Å². The quantitative estimate of drug-likeness (QED) is 0.168. The van der Waals surface area contributed by atoms with E-state index in [9.17, 15) is 0 Å². The zero-order chi connectivity index (χ0) is 42.5. The lowest BCUT2D eigenvalue weighted by atomic mass is 9.73. The highest BCUT2D eigenvalue weighted by Gasteiger charge is 2.37. The van der Waals surface area contributed by atoms with Crippen LogP contribution in [0.4, 0.5) is 17.1 Å². The van der Waals surface area contributed by atoms with Crippen LogP contribution in [0, 0.1) is 0 Å². The summed E-state index contributed by atoms with van der Waals surface area (Å²) >= 11 is 0. The van der Waals surface area contributed by atoms with Crippen molar-refractivity contribution in [2.75, 3.05) is 4.90 Å². The minimum Gasteiger partial charge on any atom is -0.454 e. The Morgan fingerprint density at radius 1 is 0.469 bits per heavy atom. The van der Waals surface area contributed by atoms with Crippen molar-refractivity contribution in [1.82, 2.24) is 9.55 Å². The van der Waals surface area contributed by atoms with Crippen LogP contribution in [0.3, 0.4) is 0 Å². The first kappa shape index (κ1) is 36.4. The summed E-state index contributed by atoms with van der Waals surface area (Å²) in [5.41, 5.74) is 17.0. The summed E-state index contributed by atoms with van der Waals surface area (Å²) in [6, 6.07) is 76.4. The number of fused-ring (bicyclic) bond motifs is 10. The number of furan rings is 1. The first-order valence-corrected chi connectivity index (χ1v) is 22.0. The monoisotopic (exact) mass is 819 g/mol. The normalized spacial score (nSPS) is 13.0. The fourth-order valence-corrected chi connectivity index (χ4v) is 10.4. The molecule has 0 saturated carbocycles. The maximum absolute atomic E-state index is 6.76. The third kappa shape index (κ3) is 5.45. The lowest BCUT2D eigenvalue weighted by molar-refractivity contribution is 0.630. The van der Waals surface area contributed by atoms with E-state index in [1.54, 1.807) is 0 Å². The second kappa shape index (κ2) is 13.9. The third-order valence-corrected chi connectivity index (χ3v) is 13.5. The fraction of sp³-hybridized carbons (Fsp3) is 0.0500. The maximum atomic E-state index is 6.76. The average molecular weight is 820 g/mol. The molecule has 1 aliphatic heterocycles. The third-order valence-electron chi connectivity index (χ3n) is 13.5. The molecule has 64 heavy (non-hydrogen) atoms. The molecule has 3 aromatic heterocycles. The smallest absolute Gasteiger partial charge is 0.159 e. The molecule has 0 bridgehead atoms. The molecule has 0 aliphatic carbocycles. The highest BCUT2D eigenvalue weighted by Crippen LogP contribution is 2.53. The molecule has 4 nitrogen and oxygen atoms in total. The molecule has 13 rings (SSSR count). The molecule has 0 atom stereocenters. The summed E-state index contributed by atoms with van der Waals surface area (Å²) in [6.07, 6.45) is 0. The number of anilines is 3. The molecule has 12 aromatic rings. The van der Waals surface area contributed by atoms with E-state index in [2.05, 4.69) is 230 Å². The highest BCUT2D eigenvalue weighted by atomic mass is 16.3. The van der Waals surface area contributed by atoms with Gasteiger partial charge in [0.25, 0.3) is 0 Å². The van der Waals surface area contributed by atoms with Gasteiger partial charge in [0.2, 0.25) is 0 Å². The number of aromatic nitrogens is 2. The fourth-order valence-electron chi connectivity index (χ4n) is 10.4. The standard InChI is InChI=1S/C60H41N3O/c1-60(2)49-33-41(52-35-42(38-17-6-3-7-18-38)34-51(61-52)40-20-8-4-9-21-40)30-31-53(49)63-54-32-29-39-19-12-13-24-45(39)57(54)48-36-44(37-50(60)58(48)63)62(43-22-10-5-11-23-43)55-27-16-26-47-46-25-14-15-28-56(46)64-59(47)55/h3-37H,1-2H3. The van der Waals surface area contributed by atoms with Crippen molar-refractivity contribution in [2.24, 2.45) is 0 Å². The van der Waals surface area contributed by atoms with Gasteiger partial charge in [0.15, 0.2) is 5.58 Å². The van der Waals surface area contributed by atoms with E-state index in [-0.39, 0.29) is 0 Å². The van der Waals surface area contributed by atoms with Gasteiger partial charge in [-0.25, -0.2) is 4.98 Å². The summed E-state index contributed by atoms with van der Waals surface area (Å²) in [6.45, 7) is 4.78. The van der Waals surface area contributed by atoms with E-state index in [1.165, 1.54) is 49.4 Å². The molecule has 0 N–H and O–H groups in total. The van der Waals surface area contributed by atoms with Gasteiger partial charge in [-0.2, -0.15) is 0 Å². The average Bonchev–Trinajstić information content (AvgIpc) is 3.91. The van der Waals surface area contributed by atoms with Gasteiger partial charge in [0.05, 0.1) is 33.8 Å². The summed E-state index contributed by atoms with van der Waals surface area (Å²) in [7, 11) is 0.